The number of nitrogens with zero attached hydrogens (tertiary/aromatic N) is 2. The number of nitrogens with one attached hydrogen (secondary N) is 1. The molecular weight excluding hydrogens is 296 g/mol. The number of nitriles is 1. The molecule has 1 aromatic heterocycles. The Morgan fingerprint density at radius 3 is 2.83 bits per heavy atom. The van der Waals surface area contributed by atoms with Crippen molar-refractivity contribution in [1.82, 2.24) is 9.97 Å². The van der Waals surface area contributed by atoms with E-state index in [-0.39, 0.29) is 28.5 Å². The highest BCUT2D eigenvalue weighted by Gasteiger charge is 2.33. The van der Waals surface area contributed by atoms with Crippen LogP contribution in [0.4, 0.5) is 0 Å². The molecule has 1 aliphatic heterocycles. The largest absolute Gasteiger partial charge is 0.494 e. The fourth-order valence-electron chi connectivity index (χ4n) is 2.55. The molecule has 1 atom stereocenters. The molecule has 2 heterocycles. The monoisotopic (exact) mass is 310 g/mol. The van der Waals surface area contributed by atoms with Crippen molar-refractivity contribution in [2.45, 2.75) is 12.8 Å². The van der Waals surface area contributed by atoms with Crippen molar-refractivity contribution in [3.8, 4) is 17.7 Å². The third-order valence-electron chi connectivity index (χ3n) is 3.55. The lowest BCUT2D eigenvalue weighted by Gasteiger charge is -2.24. The van der Waals surface area contributed by atoms with E-state index in [0.29, 0.717) is 12.4 Å². The number of aromatic amines is 1. The molecule has 7 nitrogen and oxygen atoms in total. The van der Waals surface area contributed by atoms with E-state index < -0.39 is 5.92 Å². The molecule has 0 aliphatic carbocycles. The van der Waals surface area contributed by atoms with Crippen LogP contribution in [0.1, 0.15) is 24.0 Å². The summed E-state index contributed by atoms with van der Waals surface area (Å²) in [5.74, 6) is 0.150. The lowest BCUT2D eigenvalue weighted by atomic mass is 9.85. The van der Waals surface area contributed by atoms with Crippen molar-refractivity contribution in [1.29, 1.82) is 5.26 Å². The Morgan fingerprint density at radius 1 is 1.43 bits per heavy atom. The van der Waals surface area contributed by atoms with E-state index in [1.165, 1.54) is 6.33 Å². The zero-order chi connectivity index (χ0) is 16.4. The van der Waals surface area contributed by atoms with Crippen LogP contribution >= 0.6 is 0 Å². The third kappa shape index (κ3) is 2.51. The van der Waals surface area contributed by atoms with Gasteiger partial charge in [0.1, 0.15) is 17.4 Å². The number of ether oxygens (including phenoxy) is 2. The lowest BCUT2D eigenvalue weighted by molar-refractivity contribution is 0.340. The first-order chi connectivity index (χ1) is 11.2. The van der Waals surface area contributed by atoms with E-state index in [1.54, 1.807) is 24.3 Å². The molecule has 1 aromatic carbocycles. The number of aromatic nitrogens is 2. The number of fused-ring (bicyclic) bond motifs is 1. The molecule has 2 aromatic rings. The average Bonchev–Trinajstić information content (AvgIpc) is 2.55. The number of hydrogen-bond donors (Lipinski definition) is 2. The number of H-pyrrole nitrogens is 1. The Kier molecular flexibility index (Phi) is 3.73. The van der Waals surface area contributed by atoms with Crippen molar-refractivity contribution < 1.29 is 9.47 Å². The van der Waals surface area contributed by atoms with Crippen LogP contribution in [0.25, 0.3) is 0 Å². The molecular formula is C16H14N4O3. The molecule has 0 radical (unpaired) electrons. The number of rotatable bonds is 3. The molecule has 0 spiro atoms. The molecule has 3 rings (SSSR count). The predicted octanol–water partition coefficient (Wildman–Crippen LogP) is 1.39. The molecule has 0 saturated carbocycles. The van der Waals surface area contributed by atoms with Gasteiger partial charge in [0.15, 0.2) is 0 Å². The molecule has 0 bridgehead atoms. The maximum Gasteiger partial charge on any atom is 0.258 e. The van der Waals surface area contributed by atoms with Gasteiger partial charge in [0, 0.05) is 0 Å². The Hall–Kier alpha value is -3.27. The topological polar surface area (TPSA) is 114 Å². The summed E-state index contributed by atoms with van der Waals surface area (Å²) in [6.45, 7) is 2.45. The summed E-state index contributed by atoms with van der Waals surface area (Å²) in [5.41, 5.74) is 6.63. The molecule has 116 valence electrons. The van der Waals surface area contributed by atoms with E-state index >= 15 is 0 Å². The predicted molar refractivity (Wildman–Crippen MR) is 81.8 cm³/mol. The Labute approximate surface area is 132 Å². The lowest BCUT2D eigenvalue weighted by Crippen LogP contribution is -2.28. The van der Waals surface area contributed by atoms with Crippen molar-refractivity contribution in [2.24, 2.45) is 5.73 Å². The van der Waals surface area contributed by atoms with Crippen molar-refractivity contribution >= 4 is 0 Å². The average molecular weight is 310 g/mol. The summed E-state index contributed by atoms with van der Waals surface area (Å²) in [6.07, 6.45) is 1.24. The van der Waals surface area contributed by atoms with Crippen molar-refractivity contribution in [2.75, 3.05) is 6.61 Å². The highest BCUT2D eigenvalue weighted by Crippen LogP contribution is 2.38. The van der Waals surface area contributed by atoms with Gasteiger partial charge >= 0.3 is 0 Å². The van der Waals surface area contributed by atoms with E-state index in [0.717, 1.165) is 5.56 Å². The van der Waals surface area contributed by atoms with Crippen molar-refractivity contribution in [3.05, 3.63) is 63.5 Å². The maximum atomic E-state index is 12.2. The Balaban J connectivity index is 2.16. The fraction of sp³-hybridized carbons (Fsp3) is 0.188. The molecule has 0 fully saturated rings. The second kappa shape index (κ2) is 5.85. The van der Waals surface area contributed by atoms with Crippen LogP contribution in [-0.4, -0.2) is 16.6 Å². The Morgan fingerprint density at radius 2 is 2.17 bits per heavy atom. The van der Waals surface area contributed by atoms with Crippen LogP contribution < -0.4 is 20.8 Å². The number of allylic oxidation sites excluding steroid dienone is 1. The molecule has 23 heavy (non-hydrogen) atoms. The van der Waals surface area contributed by atoms with Crippen LogP contribution in [0.3, 0.4) is 0 Å². The first kappa shape index (κ1) is 14.7. The van der Waals surface area contributed by atoms with Gasteiger partial charge in [-0.3, -0.25) is 4.79 Å². The molecule has 0 saturated heterocycles. The molecule has 1 unspecified atom stereocenters. The van der Waals surface area contributed by atoms with Crippen molar-refractivity contribution in [3.63, 3.8) is 0 Å². The molecule has 3 N–H and O–H groups in total. The summed E-state index contributed by atoms with van der Waals surface area (Å²) >= 11 is 0. The standard InChI is InChI=1S/C16H14N4O3/c1-2-22-10-5-3-9(4-6-10)12-11(7-17)14(18)23-16-13(12)15(21)19-8-20-16/h3-6,8,12H,2,18H2,1H3,(H,19,20,21). The normalized spacial score (nSPS) is 16.3. The summed E-state index contributed by atoms with van der Waals surface area (Å²) in [4.78, 5) is 18.7. The van der Waals surface area contributed by atoms with Crippen LogP contribution in [0.15, 0.2) is 46.8 Å². The third-order valence-corrected chi connectivity index (χ3v) is 3.55. The Bertz CT molecular complexity index is 862. The van der Waals surface area contributed by atoms with E-state index in [1.807, 2.05) is 13.0 Å². The van der Waals surface area contributed by atoms with Crippen LogP contribution in [0.5, 0.6) is 11.6 Å². The highest BCUT2D eigenvalue weighted by molar-refractivity contribution is 5.53. The first-order valence-electron chi connectivity index (χ1n) is 7.03. The minimum Gasteiger partial charge on any atom is -0.494 e. The summed E-state index contributed by atoms with van der Waals surface area (Å²) in [7, 11) is 0. The summed E-state index contributed by atoms with van der Waals surface area (Å²) in [5, 5.41) is 9.42. The van der Waals surface area contributed by atoms with Gasteiger partial charge < -0.3 is 20.2 Å². The quantitative estimate of drug-likeness (QED) is 0.885. The fourth-order valence-corrected chi connectivity index (χ4v) is 2.55. The second-order valence-corrected chi connectivity index (χ2v) is 4.88. The van der Waals surface area contributed by atoms with Gasteiger partial charge in [0.25, 0.3) is 5.56 Å². The molecule has 7 heteroatoms. The summed E-state index contributed by atoms with van der Waals surface area (Å²) < 4.78 is 10.7. The molecule has 0 amide bonds. The summed E-state index contributed by atoms with van der Waals surface area (Å²) in [6, 6.07) is 9.18. The smallest absolute Gasteiger partial charge is 0.258 e. The zero-order valence-corrected chi connectivity index (χ0v) is 12.4. The second-order valence-electron chi connectivity index (χ2n) is 4.88. The SMILES string of the molecule is CCOc1ccc(C2C(C#N)=C(N)Oc3nc[nH]c(=O)c32)cc1. The minimum absolute atomic E-state index is 0.0445. The van der Waals surface area contributed by atoms with Crippen LogP contribution in [0.2, 0.25) is 0 Å². The number of benzene rings is 1. The van der Waals surface area contributed by atoms with E-state index in [4.69, 9.17) is 15.2 Å². The molecule has 1 aliphatic rings. The van der Waals surface area contributed by atoms with Gasteiger partial charge in [0.05, 0.1) is 24.4 Å². The zero-order valence-electron chi connectivity index (χ0n) is 12.4. The number of nitrogens with two attached hydrogens (primary N) is 1. The first-order valence-corrected chi connectivity index (χ1v) is 7.03. The minimum atomic E-state index is -0.628. The highest BCUT2D eigenvalue weighted by atomic mass is 16.5. The van der Waals surface area contributed by atoms with Gasteiger partial charge in [-0.15, -0.1) is 0 Å². The van der Waals surface area contributed by atoms with Gasteiger partial charge in [-0.2, -0.15) is 5.26 Å². The van der Waals surface area contributed by atoms with E-state index in [9.17, 15) is 10.1 Å². The number of hydrogen-bond acceptors (Lipinski definition) is 6. The van der Waals surface area contributed by atoms with E-state index in [2.05, 4.69) is 9.97 Å². The van der Waals surface area contributed by atoms with Gasteiger partial charge in [-0.05, 0) is 24.6 Å². The van der Waals surface area contributed by atoms with Gasteiger partial charge in [-0.1, -0.05) is 12.1 Å². The van der Waals surface area contributed by atoms with Crippen LogP contribution in [0, 0.1) is 11.3 Å². The maximum absolute atomic E-state index is 12.2. The van der Waals surface area contributed by atoms with Gasteiger partial charge in [-0.25, -0.2) is 4.98 Å². The van der Waals surface area contributed by atoms with Crippen LogP contribution in [-0.2, 0) is 0 Å². The van der Waals surface area contributed by atoms with Gasteiger partial charge in [0.2, 0.25) is 11.8 Å².